The monoisotopic (exact) mass is 560 g/mol. The largest absolute Gasteiger partial charge is 0.366 e. The minimum absolute atomic E-state index is 0.0448. The fourth-order valence-electron chi connectivity index (χ4n) is 4.86. The number of anilines is 1. The van der Waals surface area contributed by atoms with Crippen LogP contribution < -0.4 is 10.6 Å². The van der Waals surface area contributed by atoms with Crippen LogP contribution in [-0.2, 0) is 17.9 Å². The van der Waals surface area contributed by atoms with Crippen molar-refractivity contribution in [1.82, 2.24) is 9.80 Å². The molecule has 1 fully saturated rings. The number of benzene rings is 2. The van der Waals surface area contributed by atoms with Crippen molar-refractivity contribution >= 4 is 23.4 Å². The van der Waals surface area contributed by atoms with Crippen LogP contribution in [0, 0.1) is 0 Å². The number of allylic oxidation sites excluding steroid dienone is 2. The van der Waals surface area contributed by atoms with Crippen molar-refractivity contribution in [3.05, 3.63) is 89.0 Å². The molecule has 0 bridgehead atoms. The number of fused-ring (bicyclic) bond motifs is 1. The van der Waals surface area contributed by atoms with Crippen LogP contribution in [0.3, 0.4) is 0 Å². The molecule has 7 nitrogen and oxygen atoms in total. The van der Waals surface area contributed by atoms with E-state index in [2.05, 4.69) is 38.3 Å². The van der Waals surface area contributed by atoms with Gasteiger partial charge >= 0.3 is 0 Å². The van der Waals surface area contributed by atoms with E-state index in [9.17, 15) is 14.4 Å². The summed E-state index contributed by atoms with van der Waals surface area (Å²) in [6.07, 6.45) is 8.11. The molecule has 0 spiro atoms. The summed E-state index contributed by atoms with van der Waals surface area (Å²) < 4.78 is 0. The van der Waals surface area contributed by atoms with Crippen LogP contribution in [0.15, 0.2) is 66.8 Å². The van der Waals surface area contributed by atoms with E-state index in [1.807, 2.05) is 55.2 Å². The molecule has 0 unspecified atom stereocenters. The molecule has 7 heteroatoms. The number of hydrogen-bond acceptors (Lipinski definition) is 4. The molecule has 2 aliphatic heterocycles. The Labute approximate surface area is 246 Å². The lowest BCUT2D eigenvalue weighted by Gasteiger charge is -2.24. The summed E-state index contributed by atoms with van der Waals surface area (Å²) in [6, 6.07) is 12.7. The van der Waals surface area contributed by atoms with E-state index in [4.69, 9.17) is 5.73 Å². The first-order valence-electron chi connectivity index (χ1n) is 14.8. The van der Waals surface area contributed by atoms with Crippen molar-refractivity contribution in [2.75, 3.05) is 31.1 Å². The molecule has 2 aromatic carbocycles. The minimum atomic E-state index is -0.525. The van der Waals surface area contributed by atoms with Gasteiger partial charge in [0, 0.05) is 43.0 Å². The number of rotatable bonds is 8. The smallest absolute Gasteiger partial charge is 0.253 e. The van der Waals surface area contributed by atoms with Gasteiger partial charge < -0.3 is 15.5 Å². The van der Waals surface area contributed by atoms with Crippen molar-refractivity contribution < 1.29 is 14.4 Å². The molecule has 4 rings (SSSR count). The van der Waals surface area contributed by atoms with Crippen LogP contribution in [0.25, 0.3) is 0 Å². The Kier molecular flexibility index (Phi) is 14.0. The summed E-state index contributed by atoms with van der Waals surface area (Å²) in [6.45, 7) is 17.7. The number of carbonyl (C=O) groups excluding carboxylic acids is 3. The van der Waals surface area contributed by atoms with Gasteiger partial charge in [0.05, 0.1) is 13.1 Å². The number of nitrogens with zero attached hydrogens (tertiary/aromatic N) is 3. The highest BCUT2D eigenvalue weighted by molar-refractivity contribution is 5.99. The first-order chi connectivity index (χ1) is 19.7. The highest BCUT2D eigenvalue weighted by Crippen LogP contribution is 2.29. The summed E-state index contributed by atoms with van der Waals surface area (Å²) in [5.74, 6) is -0.515. The Balaban J connectivity index is 0.000000654. The standard InChI is InChI=1S/C26H30N4O3.C6H12.C2H6/c1-2-3-12-28-17-22-11-10-21(25(27)32)15-23(22)30(24(31)18-28)16-19-6-8-20(9-7-19)26(33)29-13-4-5-14-29;1-4-5-6(2)3;1-2/h2,6-11,15H,1,3-5,12-14,16-18H2,(H2,27,32);5H,4H2,1-3H3;1-2H3. The fraction of sp³-hybridized carbons (Fsp3) is 0.441. The lowest BCUT2D eigenvalue weighted by molar-refractivity contribution is -0.119. The van der Waals surface area contributed by atoms with E-state index in [0.717, 1.165) is 50.0 Å². The van der Waals surface area contributed by atoms with Gasteiger partial charge in [-0.1, -0.05) is 56.7 Å². The third-order valence-corrected chi connectivity index (χ3v) is 6.91. The van der Waals surface area contributed by atoms with E-state index in [-0.39, 0.29) is 18.4 Å². The number of amides is 3. The van der Waals surface area contributed by atoms with Crippen molar-refractivity contribution in [3.63, 3.8) is 0 Å². The Hall–Kier alpha value is -3.71. The maximum absolute atomic E-state index is 13.3. The molecule has 0 saturated carbocycles. The zero-order chi connectivity index (χ0) is 30.4. The predicted octanol–water partition coefficient (Wildman–Crippen LogP) is 6.34. The molecule has 3 amide bonds. The molecular formula is C34H48N4O3. The van der Waals surface area contributed by atoms with E-state index < -0.39 is 5.91 Å². The summed E-state index contributed by atoms with van der Waals surface area (Å²) in [7, 11) is 0. The lowest BCUT2D eigenvalue weighted by atomic mass is 10.1. The quantitative estimate of drug-likeness (QED) is 0.382. The maximum Gasteiger partial charge on any atom is 0.253 e. The molecule has 0 aromatic heterocycles. The Morgan fingerprint density at radius 1 is 0.976 bits per heavy atom. The van der Waals surface area contributed by atoms with Crippen LogP contribution in [0.4, 0.5) is 5.69 Å². The molecule has 0 atom stereocenters. The molecule has 2 aromatic rings. The van der Waals surface area contributed by atoms with Gasteiger partial charge in [0.15, 0.2) is 0 Å². The second-order valence-corrected chi connectivity index (χ2v) is 10.4. The Bertz CT molecular complexity index is 1190. The van der Waals surface area contributed by atoms with Crippen molar-refractivity contribution in [1.29, 1.82) is 0 Å². The van der Waals surface area contributed by atoms with Crippen LogP contribution >= 0.6 is 0 Å². The van der Waals surface area contributed by atoms with Gasteiger partial charge in [0.1, 0.15) is 0 Å². The van der Waals surface area contributed by atoms with Crippen LogP contribution in [-0.4, -0.2) is 53.7 Å². The zero-order valence-corrected chi connectivity index (χ0v) is 25.6. The van der Waals surface area contributed by atoms with Gasteiger partial charge in [-0.15, -0.1) is 6.58 Å². The van der Waals surface area contributed by atoms with Gasteiger partial charge in [0.25, 0.3) is 5.91 Å². The maximum atomic E-state index is 13.3. The second-order valence-electron chi connectivity index (χ2n) is 10.4. The van der Waals surface area contributed by atoms with E-state index in [0.29, 0.717) is 29.9 Å². The summed E-state index contributed by atoms with van der Waals surface area (Å²) in [5.41, 5.74) is 10.5. The average molecular weight is 561 g/mol. The van der Waals surface area contributed by atoms with Gasteiger partial charge in [-0.05, 0) is 74.9 Å². The minimum Gasteiger partial charge on any atom is -0.366 e. The third-order valence-electron chi connectivity index (χ3n) is 6.91. The molecule has 0 radical (unpaired) electrons. The van der Waals surface area contributed by atoms with E-state index >= 15 is 0 Å². The second kappa shape index (κ2) is 17.2. The number of likely N-dealkylation sites (tertiary alicyclic amines) is 1. The fourth-order valence-corrected chi connectivity index (χ4v) is 4.86. The molecule has 2 aliphatic rings. The van der Waals surface area contributed by atoms with Crippen molar-refractivity contribution in [2.45, 2.75) is 73.4 Å². The normalized spacial score (nSPS) is 14.5. The van der Waals surface area contributed by atoms with Gasteiger partial charge in [-0.25, -0.2) is 0 Å². The first kappa shape index (κ1) is 33.5. The van der Waals surface area contributed by atoms with E-state index in [1.54, 1.807) is 17.0 Å². The molecule has 1 saturated heterocycles. The molecule has 41 heavy (non-hydrogen) atoms. The molecule has 2 heterocycles. The zero-order valence-electron chi connectivity index (χ0n) is 25.6. The van der Waals surface area contributed by atoms with Gasteiger partial charge in [-0.2, -0.15) is 0 Å². The predicted molar refractivity (Wildman–Crippen MR) is 169 cm³/mol. The lowest BCUT2D eigenvalue weighted by Crippen LogP contribution is -2.37. The van der Waals surface area contributed by atoms with Crippen LogP contribution in [0.2, 0.25) is 0 Å². The van der Waals surface area contributed by atoms with Crippen LogP contribution in [0.1, 0.15) is 92.1 Å². The first-order valence-corrected chi connectivity index (χ1v) is 14.8. The molecule has 222 valence electrons. The average Bonchev–Trinajstić information content (AvgIpc) is 3.47. The Morgan fingerprint density at radius 2 is 1.61 bits per heavy atom. The number of hydrogen-bond donors (Lipinski definition) is 1. The molecular weight excluding hydrogens is 512 g/mol. The van der Waals surface area contributed by atoms with Crippen molar-refractivity contribution in [3.8, 4) is 0 Å². The summed E-state index contributed by atoms with van der Waals surface area (Å²) >= 11 is 0. The number of nitrogens with two attached hydrogens (primary N) is 1. The number of primary amides is 1. The summed E-state index contributed by atoms with van der Waals surface area (Å²) in [5, 5.41) is 0. The van der Waals surface area contributed by atoms with Crippen molar-refractivity contribution in [2.24, 2.45) is 5.73 Å². The van der Waals surface area contributed by atoms with Gasteiger partial charge in [0.2, 0.25) is 11.8 Å². The SMILES string of the molecule is C=CCCN1CC(=O)N(Cc2ccc(C(=O)N3CCCC3)cc2)c2cc(C(N)=O)ccc2C1.CC.CCC=C(C)C. The van der Waals surface area contributed by atoms with Gasteiger partial charge in [-0.3, -0.25) is 19.3 Å². The summed E-state index contributed by atoms with van der Waals surface area (Å²) in [4.78, 5) is 43.4. The topological polar surface area (TPSA) is 87.0 Å². The van der Waals surface area contributed by atoms with Crippen LogP contribution in [0.5, 0.6) is 0 Å². The number of carbonyl (C=O) groups is 3. The third kappa shape index (κ3) is 10.0. The van der Waals surface area contributed by atoms with E-state index in [1.165, 1.54) is 12.0 Å². The Morgan fingerprint density at radius 3 is 2.15 bits per heavy atom. The molecule has 0 aliphatic carbocycles. The molecule has 2 N–H and O–H groups in total. The highest BCUT2D eigenvalue weighted by atomic mass is 16.2. The highest BCUT2D eigenvalue weighted by Gasteiger charge is 2.27.